The molecular weight excluding hydrogens is 278 g/mol. The summed E-state index contributed by atoms with van der Waals surface area (Å²) in [7, 11) is -3.90. The Balaban J connectivity index is 2.97. The summed E-state index contributed by atoms with van der Waals surface area (Å²) in [5, 5.41) is 29.8. The Morgan fingerprint density at radius 1 is 1.32 bits per heavy atom. The van der Waals surface area contributed by atoms with Crippen molar-refractivity contribution in [2.75, 3.05) is 26.3 Å². The number of aliphatic carboxylic acids is 1. The molecule has 0 aliphatic carbocycles. The minimum absolute atomic E-state index is 0.160. The summed E-state index contributed by atoms with van der Waals surface area (Å²) in [6.45, 7) is -1.54. The molecule has 0 amide bonds. The smallest absolute Gasteiger partial charge is 0.325 e. The summed E-state index contributed by atoms with van der Waals surface area (Å²) in [6.07, 6.45) is 2.12. The highest BCUT2D eigenvalue weighted by Gasteiger charge is 2.25. The first-order chi connectivity index (χ1) is 8.91. The maximum Gasteiger partial charge on any atom is 0.325 e. The Morgan fingerprint density at radius 2 is 1.89 bits per heavy atom. The molecule has 0 bridgehead atoms. The Bertz CT molecular complexity index is 520. The van der Waals surface area contributed by atoms with Crippen LogP contribution in [-0.2, 0) is 21.4 Å². The number of nitrogens with zero attached hydrogens (tertiary/aromatic N) is 3. The van der Waals surface area contributed by atoms with E-state index < -0.39 is 22.5 Å². The van der Waals surface area contributed by atoms with Gasteiger partial charge < -0.3 is 15.3 Å². The van der Waals surface area contributed by atoms with Crippen molar-refractivity contribution < 1.29 is 28.5 Å². The lowest BCUT2D eigenvalue weighted by atomic mass is 10.6. The van der Waals surface area contributed by atoms with E-state index in [0.717, 1.165) is 21.4 Å². The summed E-state index contributed by atoms with van der Waals surface area (Å²) in [5.74, 6) is -1.14. The molecule has 1 heterocycles. The van der Waals surface area contributed by atoms with E-state index in [1.54, 1.807) is 0 Å². The summed E-state index contributed by atoms with van der Waals surface area (Å²) in [6, 6.07) is 0. The number of rotatable bonds is 8. The van der Waals surface area contributed by atoms with E-state index in [1.165, 1.54) is 0 Å². The molecule has 0 aliphatic heterocycles. The van der Waals surface area contributed by atoms with Gasteiger partial charge >= 0.3 is 5.97 Å². The first-order valence-corrected chi connectivity index (χ1v) is 6.82. The second-order valence-electron chi connectivity index (χ2n) is 3.62. The van der Waals surface area contributed by atoms with Gasteiger partial charge in [-0.2, -0.15) is 9.40 Å². The number of hydrogen-bond donors (Lipinski definition) is 3. The Hall–Kier alpha value is -1.49. The summed E-state index contributed by atoms with van der Waals surface area (Å²) < 4.78 is 26.1. The fourth-order valence-electron chi connectivity index (χ4n) is 1.43. The highest BCUT2D eigenvalue weighted by Crippen LogP contribution is 2.14. The van der Waals surface area contributed by atoms with Crippen molar-refractivity contribution in [3.63, 3.8) is 0 Å². The third kappa shape index (κ3) is 3.99. The van der Waals surface area contributed by atoms with Crippen LogP contribution in [0, 0.1) is 0 Å². The van der Waals surface area contributed by atoms with Crippen molar-refractivity contribution in [3.8, 4) is 0 Å². The maximum atomic E-state index is 12.1. The molecule has 0 atom stereocenters. The van der Waals surface area contributed by atoms with Crippen LogP contribution in [0.3, 0.4) is 0 Å². The molecule has 0 fully saturated rings. The molecule has 0 saturated carbocycles. The zero-order chi connectivity index (χ0) is 14.5. The van der Waals surface area contributed by atoms with Gasteiger partial charge in [-0.25, -0.2) is 8.42 Å². The zero-order valence-corrected chi connectivity index (χ0v) is 10.8. The second kappa shape index (κ2) is 6.61. The number of aromatic nitrogens is 2. The quantitative estimate of drug-likeness (QED) is 0.502. The van der Waals surface area contributed by atoms with E-state index in [9.17, 15) is 13.2 Å². The van der Waals surface area contributed by atoms with E-state index >= 15 is 0 Å². The molecule has 0 saturated heterocycles. The van der Waals surface area contributed by atoms with Gasteiger partial charge in [0.1, 0.15) is 11.4 Å². The molecule has 10 heteroatoms. The van der Waals surface area contributed by atoms with Crippen LogP contribution in [0.2, 0.25) is 0 Å². The van der Waals surface area contributed by atoms with Crippen LogP contribution in [-0.4, -0.2) is 70.1 Å². The van der Waals surface area contributed by atoms with Gasteiger partial charge in [-0.15, -0.1) is 0 Å². The maximum absolute atomic E-state index is 12.1. The zero-order valence-electron chi connectivity index (χ0n) is 10.0. The van der Waals surface area contributed by atoms with E-state index in [1.807, 2.05) is 0 Å². The SMILES string of the molecule is O=C(O)Cn1cc(S(=O)(=O)N(CCO)CCO)cn1. The summed E-state index contributed by atoms with van der Waals surface area (Å²) >= 11 is 0. The third-order valence-electron chi connectivity index (χ3n) is 2.24. The third-order valence-corrected chi connectivity index (χ3v) is 4.09. The topological polar surface area (TPSA) is 133 Å². The summed E-state index contributed by atoms with van der Waals surface area (Å²) in [4.78, 5) is 10.3. The Morgan fingerprint density at radius 3 is 2.37 bits per heavy atom. The van der Waals surface area contributed by atoms with Gasteiger partial charge in [-0.3, -0.25) is 9.48 Å². The molecule has 3 N–H and O–H groups in total. The molecule has 0 unspecified atom stereocenters. The minimum Gasteiger partial charge on any atom is -0.480 e. The lowest BCUT2D eigenvalue weighted by Crippen LogP contribution is -2.35. The molecule has 0 radical (unpaired) electrons. The first kappa shape index (κ1) is 15.6. The molecule has 0 spiro atoms. The van der Waals surface area contributed by atoms with E-state index in [2.05, 4.69) is 5.10 Å². The van der Waals surface area contributed by atoms with Crippen LogP contribution in [0.15, 0.2) is 17.3 Å². The summed E-state index contributed by atoms with van der Waals surface area (Å²) in [5.41, 5.74) is 0. The fraction of sp³-hybridized carbons (Fsp3) is 0.556. The predicted molar refractivity (Wildman–Crippen MR) is 62.8 cm³/mol. The normalized spacial score (nSPS) is 11.9. The average Bonchev–Trinajstić information content (AvgIpc) is 2.77. The van der Waals surface area contributed by atoms with Crippen LogP contribution in [0.1, 0.15) is 0 Å². The van der Waals surface area contributed by atoms with Crippen molar-refractivity contribution in [2.24, 2.45) is 0 Å². The van der Waals surface area contributed by atoms with Gasteiger partial charge in [-0.05, 0) is 0 Å². The van der Waals surface area contributed by atoms with E-state index in [-0.39, 0.29) is 31.2 Å². The van der Waals surface area contributed by atoms with Crippen LogP contribution < -0.4 is 0 Å². The molecule has 0 aliphatic rings. The van der Waals surface area contributed by atoms with Gasteiger partial charge in [0.2, 0.25) is 10.0 Å². The van der Waals surface area contributed by atoms with Crippen molar-refractivity contribution in [2.45, 2.75) is 11.4 Å². The molecule has 1 aromatic rings. The highest BCUT2D eigenvalue weighted by molar-refractivity contribution is 7.89. The van der Waals surface area contributed by atoms with Crippen LogP contribution >= 0.6 is 0 Å². The number of carbonyl (C=O) groups is 1. The predicted octanol–water partition coefficient (Wildman–Crippen LogP) is -2.06. The monoisotopic (exact) mass is 293 g/mol. The van der Waals surface area contributed by atoms with Gasteiger partial charge in [-0.1, -0.05) is 0 Å². The van der Waals surface area contributed by atoms with Crippen molar-refractivity contribution in [3.05, 3.63) is 12.4 Å². The standard InChI is InChI=1S/C9H15N3O6S/c13-3-1-12(2-4-14)19(17,18)8-5-10-11(6-8)7-9(15)16/h5-6,13-14H,1-4,7H2,(H,15,16). The van der Waals surface area contributed by atoms with E-state index in [4.69, 9.17) is 15.3 Å². The number of hydrogen-bond acceptors (Lipinski definition) is 6. The van der Waals surface area contributed by atoms with Crippen LogP contribution in [0.4, 0.5) is 0 Å². The number of sulfonamides is 1. The lowest BCUT2D eigenvalue weighted by Gasteiger charge is -2.18. The molecular formula is C9H15N3O6S. The molecule has 108 valence electrons. The van der Waals surface area contributed by atoms with Crippen LogP contribution in [0.25, 0.3) is 0 Å². The average molecular weight is 293 g/mol. The van der Waals surface area contributed by atoms with Gasteiger partial charge in [0, 0.05) is 19.3 Å². The minimum atomic E-state index is -3.90. The van der Waals surface area contributed by atoms with Gasteiger partial charge in [0.15, 0.2) is 0 Å². The lowest BCUT2D eigenvalue weighted by molar-refractivity contribution is -0.137. The molecule has 1 rings (SSSR count). The second-order valence-corrected chi connectivity index (χ2v) is 5.56. The highest BCUT2D eigenvalue weighted by atomic mass is 32.2. The van der Waals surface area contributed by atoms with Gasteiger partial charge in [0.25, 0.3) is 0 Å². The van der Waals surface area contributed by atoms with Crippen molar-refractivity contribution in [1.29, 1.82) is 0 Å². The number of aliphatic hydroxyl groups excluding tert-OH is 2. The van der Waals surface area contributed by atoms with Crippen molar-refractivity contribution >= 4 is 16.0 Å². The van der Waals surface area contributed by atoms with E-state index in [0.29, 0.717) is 0 Å². The molecule has 9 nitrogen and oxygen atoms in total. The number of aliphatic hydroxyl groups is 2. The molecule has 19 heavy (non-hydrogen) atoms. The molecule has 0 aromatic carbocycles. The van der Waals surface area contributed by atoms with Crippen LogP contribution in [0.5, 0.6) is 0 Å². The van der Waals surface area contributed by atoms with Crippen molar-refractivity contribution in [1.82, 2.24) is 14.1 Å². The Kier molecular flexibility index (Phi) is 5.42. The number of carboxylic acids is 1. The Labute approximate surface area is 109 Å². The number of carboxylic acid groups (broad SMARTS) is 1. The van der Waals surface area contributed by atoms with Gasteiger partial charge in [0.05, 0.1) is 19.4 Å². The largest absolute Gasteiger partial charge is 0.480 e. The molecule has 1 aromatic heterocycles. The fourth-order valence-corrected chi connectivity index (χ4v) is 2.80. The first-order valence-electron chi connectivity index (χ1n) is 5.38.